The Morgan fingerprint density at radius 2 is 1.79 bits per heavy atom. The molecule has 0 bridgehead atoms. The highest BCUT2D eigenvalue weighted by Crippen LogP contribution is 2.34. The van der Waals surface area contributed by atoms with E-state index in [2.05, 4.69) is 4.98 Å². The third-order valence-corrected chi connectivity index (χ3v) is 5.36. The monoisotopic (exact) mass is 420 g/mol. The number of nitro benzene ring substituents is 1. The third kappa shape index (κ3) is 3.78. The Hall–Kier alpha value is -3.11. The van der Waals surface area contributed by atoms with Crippen molar-refractivity contribution in [1.29, 1.82) is 0 Å². The molecule has 2 aromatic carbocycles. The maximum Gasteiger partial charge on any atom is 0.340 e. The molecule has 3 aromatic rings. The van der Waals surface area contributed by atoms with E-state index in [0.717, 1.165) is 14.0 Å². The smallest absolute Gasteiger partial charge is 0.258 e. The molecule has 0 saturated carbocycles. The van der Waals surface area contributed by atoms with Gasteiger partial charge in [-0.25, -0.2) is 23.5 Å². The molecular weight excluding hydrogens is 408 g/mol. The molecule has 0 atom stereocenters. The maximum absolute atomic E-state index is 12.4. The summed E-state index contributed by atoms with van der Waals surface area (Å²) in [5, 5.41) is 11.0. The molecule has 0 amide bonds. The summed E-state index contributed by atoms with van der Waals surface area (Å²) in [4.78, 5) is 49.9. The molecule has 0 radical (unpaired) electrons. The Bertz CT molecular complexity index is 1230. The summed E-state index contributed by atoms with van der Waals surface area (Å²) in [5.74, 6) is 0. The van der Waals surface area contributed by atoms with Crippen molar-refractivity contribution in [2.24, 2.45) is 0 Å². The standard InChI is InChI=1S/C17H13ClN4O5S/c1-2-20-15(23)19-16(24)21(17(20)25)11-5-8-14(13(18)9-11)28-12-6-3-10(4-7-12)22(26)27/h3-9H,2H2,1H3,(H,19,23,24). The average Bonchev–Trinajstić information content (AvgIpc) is 2.64. The Balaban J connectivity index is 1.98. The van der Waals surface area contributed by atoms with Crippen molar-refractivity contribution >= 4 is 29.1 Å². The van der Waals surface area contributed by atoms with Gasteiger partial charge in [0.05, 0.1) is 15.6 Å². The number of nitro groups is 1. The Kier molecular flexibility index (Phi) is 5.52. The summed E-state index contributed by atoms with van der Waals surface area (Å²) < 4.78 is 1.73. The summed E-state index contributed by atoms with van der Waals surface area (Å²) >= 11 is 7.57. The SMILES string of the molecule is CCn1c(=O)[nH]c(=O)n(-c2ccc(Sc3ccc([N+](=O)[O-])cc3)c(Cl)c2)c1=O. The molecule has 0 fully saturated rings. The fourth-order valence-electron chi connectivity index (χ4n) is 2.49. The Morgan fingerprint density at radius 3 is 2.36 bits per heavy atom. The molecule has 0 unspecified atom stereocenters. The fraction of sp³-hybridized carbons (Fsp3) is 0.118. The third-order valence-electron chi connectivity index (χ3n) is 3.85. The normalized spacial score (nSPS) is 10.8. The molecule has 1 aromatic heterocycles. The number of hydrogen-bond acceptors (Lipinski definition) is 6. The Labute approximate surface area is 166 Å². The van der Waals surface area contributed by atoms with Gasteiger partial charge in [-0.15, -0.1) is 0 Å². The largest absolute Gasteiger partial charge is 0.340 e. The van der Waals surface area contributed by atoms with E-state index in [1.165, 1.54) is 36.0 Å². The maximum atomic E-state index is 12.4. The second-order valence-corrected chi connectivity index (χ2v) is 7.09. The first-order valence-corrected chi connectivity index (χ1v) is 9.19. The minimum Gasteiger partial charge on any atom is -0.258 e. The summed E-state index contributed by atoms with van der Waals surface area (Å²) in [7, 11) is 0. The van der Waals surface area contributed by atoms with Crippen LogP contribution in [0.25, 0.3) is 5.69 Å². The fourth-order valence-corrected chi connectivity index (χ4v) is 3.60. The van der Waals surface area contributed by atoms with Gasteiger partial charge in [0.2, 0.25) is 0 Å². The van der Waals surface area contributed by atoms with Gasteiger partial charge in [0.15, 0.2) is 0 Å². The molecular formula is C17H13ClN4O5S. The van der Waals surface area contributed by atoms with Crippen LogP contribution >= 0.6 is 23.4 Å². The highest BCUT2D eigenvalue weighted by Gasteiger charge is 2.13. The number of hydrogen-bond donors (Lipinski definition) is 1. The van der Waals surface area contributed by atoms with E-state index in [9.17, 15) is 24.5 Å². The molecule has 0 spiro atoms. The second kappa shape index (κ2) is 7.87. The zero-order chi connectivity index (χ0) is 20.4. The van der Waals surface area contributed by atoms with Gasteiger partial charge in [0.25, 0.3) is 5.69 Å². The zero-order valence-electron chi connectivity index (χ0n) is 14.4. The summed E-state index contributed by atoms with van der Waals surface area (Å²) in [6, 6.07) is 10.6. The van der Waals surface area contributed by atoms with Crippen LogP contribution in [-0.2, 0) is 6.54 Å². The van der Waals surface area contributed by atoms with Crippen LogP contribution in [-0.4, -0.2) is 19.0 Å². The molecule has 0 aliphatic rings. The molecule has 1 N–H and O–H groups in total. The van der Waals surface area contributed by atoms with Gasteiger partial charge >= 0.3 is 17.1 Å². The van der Waals surface area contributed by atoms with Crippen molar-refractivity contribution in [3.8, 4) is 5.69 Å². The highest BCUT2D eigenvalue weighted by atomic mass is 35.5. The van der Waals surface area contributed by atoms with E-state index >= 15 is 0 Å². The molecule has 9 nitrogen and oxygen atoms in total. The van der Waals surface area contributed by atoms with Gasteiger partial charge in [0, 0.05) is 28.5 Å². The molecule has 0 saturated heterocycles. The number of nitrogens with one attached hydrogen (secondary N) is 1. The first kappa shape index (κ1) is 19.6. The number of H-pyrrole nitrogens is 1. The zero-order valence-corrected chi connectivity index (χ0v) is 16.0. The predicted octanol–water partition coefficient (Wildman–Crippen LogP) is 2.42. The van der Waals surface area contributed by atoms with E-state index in [-0.39, 0.29) is 22.9 Å². The van der Waals surface area contributed by atoms with Gasteiger partial charge in [-0.1, -0.05) is 23.4 Å². The number of non-ortho nitro benzene ring substituents is 1. The number of halogens is 1. The lowest BCUT2D eigenvalue weighted by molar-refractivity contribution is -0.384. The molecule has 1 heterocycles. The Morgan fingerprint density at radius 1 is 1.11 bits per heavy atom. The van der Waals surface area contributed by atoms with Gasteiger partial charge in [0.1, 0.15) is 0 Å². The quantitative estimate of drug-likeness (QED) is 0.500. The lowest BCUT2D eigenvalue weighted by atomic mass is 10.3. The van der Waals surface area contributed by atoms with E-state index in [1.54, 1.807) is 25.1 Å². The van der Waals surface area contributed by atoms with Gasteiger partial charge in [-0.2, -0.15) is 0 Å². The minimum atomic E-state index is -0.855. The summed E-state index contributed by atoms with van der Waals surface area (Å²) in [6.45, 7) is 1.72. The molecule has 3 rings (SSSR count). The van der Waals surface area contributed by atoms with Crippen molar-refractivity contribution in [3.63, 3.8) is 0 Å². The van der Waals surface area contributed by atoms with Crippen LogP contribution in [0.15, 0.2) is 66.6 Å². The van der Waals surface area contributed by atoms with Gasteiger partial charge in [-0.3, -0.25) is 15.1 Å². The van der Waals surface area contributed by atoms with E-state index in [4.69, 9.17) is 11.6 Å². The molecule has 11 heteroatoms. The highest BCUT2D eigenvalue weighted by molar-refractivity contribution is 7.99. The first-order valence-electron chi connectivity index (χ1n) is 8.00. The van der Waals surface area contributed by atoms with Crippen molar-refractivity contribution in [3.05, 3.63) is 89.1 Å². The van der Waals surface area contributed by atoms with Crippen LogP contribution in [0.1, 0.15) is 6.92 Å². The second-order valence-electron chi connectivity index (χ2n) is 5.57. The number of benzene rings is 2. The summed E-state index contributed by atoms with van der Waals surface area (Å²) in [5.41, 5.74) is -2.19. The van der Waals surface area contributed by atoms with E-state index in [1.807, 2.05) is 0 Å². The summed E-state index contributed by atoms with van der Waals surface area (Å²) in [6.07, 6.45) is 0. The number of nitrogens with zero attached hydrogens (tertiary/aromatic N) is 3. The number of aromatic nitrogens is 3. The topological polar surface area (TPSA) is 120 Å². The van der Waals surface area contributed by atoms with Gasteiger partial charge < -0.3 is 0 Å². The van der Waals surface area contributed by atoms with Crippen molar-refractivity contribution in [2.45, 2.75) is 23.3 Å². The van der Waals surface area contributed by atoms with Crippen molar-refractivity contribution in [1.82, 2.24) is 14.1 Å². The van der Waals surface area contributed by atoms with E-state index in [0.29, 0.717) is 4.90 Å². The molecule has 28 heavy (non-hydrogen) atoms. The van der Waals surface area contributed by atoms with Crippen LogP contribution < -0.4 is 17.1 Å². The van der Waals surface area contributed by atoms with Crippen LogP contribution in [0.3, 0.4) is 0 Å². The predicted molar refractivity (Wildman–Crippen MR) is 105 cm³/mol. The van der Waals surface area contributed by atoms with Crippen LogP contribution in [0.2, 0.25) is 5.02 Å². The van der Waals surface area contributed by atoms with Crippen LogP contribution in [0, 0.1) is 10.1 Å². The molecule has 0 aliphatic carbocycles. The lowest BCUT2D eigenvalue weighted by Crippen LogP contribution is -2.48. The molecule has 144 valence electrons. The molecule has 0 aliphatic heterocycles. The average molecular weight is 421 g/mol. The lowest BCUT2D eigenvalue weighted by Gasteiger charge is -2.10. The minimum absolute atomic E-state index is 0.0181. The van der Waals surface area contributed by atoms with Crippen LogP contribution in [0.4, 0.5) is 5.69 Å². The van der Waals surface area contributed by atoms with Crippen LogP contribution in [0.5, 0.6) is 0 Å². The number of rotatable bonds is 5. The first-order chi connectivity index (χ1) is 13.3. The van der Waals surface area contributed by atoms with Crippen molar-refractivity contribution < 1.29 is 4.92 Å². The van der Waals surface area contributed by atoms with E-state index < -0.39 is 22.0 Å². The van der Waals surface area contributed by atoms with Crippen molar-refractivity contribution in [2.75, 3.05) is 0 Å². The van der Waals surface area contributed by atoms with Gasteiger partial charge in [-0.05, 0) is 37.3 Å². The number of aromatic amines is 1.